The molecule has 0 fully saturated rings. The number of aromatic nitrogens is 1. The van der Waals surface area contributed by atoms with Crippen molar-refractivity contribution >= 4 is 0 Å². The maximum atomic E-state index is 13.1. The van der Waals surface area contributed by atoms with Crippen molar-refractivity contribution in [2.75, 3.05) is 6.79 Å². The van der Waals surface area contributed by atoms with Gasteiger partial charge in [0.1, 0.15) is 5.82 Å². The van der Waals surface area contributed by atoms with E-state index in [1.54, 1.807) is 12.1 Å². The quantitative estimate of drug-likeness (QED) is 0.717. The number of fused-ring (bicyclic) bond motifs is 1. The zero-order valence-corrected chi connectivity index (χ0v) is 12.8. The first-order chi connectivity index (χ1) is 11.2. The lowest BCUT2D eigenvalue weighted by molar-refractivity contribution is 0.174. The summed E-state index contributed by atoms with van der Waals surface area (Å²) in [5.41, 5.74) is 4.36. The molecule has 0 atom stereocenters. The van der Waals surface area contributed by atoms with Gasteiger partial charge in [-0.1, -0.05) is 6.07 Å². The Labute approximate surface area is 133 Å². The van der Waals surface area contributed by atoms with E-state index in [4.69, 9.17) is 9.47 Å². The number of rotatable bonds is 3. The second kappa shape index (κ2) is 5.47. The van der Waals surface area contributed by atoms with Gasteiger partial charge in [0.25, 0.3) is 0 Å². The monoisotopic (exact) mass is 309 g/mol. The number of hydrogen-bond acceptors (Lipinski definition) is 2. The summed E-state index contributed by atoms with van der Waals surface area (Å²) >= 11 is 0. The summed E-state index contributed by atoms with van der Waals surface area (Å²) in [5, 5.41) is 0. The van der Waals surface area contributed by atoms with Gasteiger partial charge in [-0.2, -0.15) is 0 Å². The molecule has 0 saturated carbocycles. The molecule has 0 unspecified atom stereocenters. The first-order valence-corrected chi connectivity index (χ1v) is 7.51. The maximum absolute atomic E-state index is 13.1. The number of aryl methyl sites for hydroxylation is 1. The summed E-state index contributed by atoms with van der Waals surface area (Å²) in [6.45, 7) is 3.07. The second-order valence-corrected chi connectivity index (χ2v) is 5.64. The minimum absolute atomic E-state index is 0.223. The molecule has 0 saturated heterocycles. The Morgan fingerprint density at radius 1 is 0.957 bits per heavy atom. The molecule has 1 aromatic heterocycles. The molecule has 0 bridgehead atoms. The van der Waals surface area contributed by atoms with Crippen molar-refractivity contribution in [2.24, 2.45) is 0 Å². The minimum Gasteiger partial charge on any atom is -0.454 e. The van der Waals surface area contributed by atoms with Crippen molar-refractivity contribution in [3.8, 4) is 22.8 Å². The second-order valence-electron chi connectivity index (χ2n) is 5.64. The zero-order chi connectivity index (χ0) is 15.8. The highest BCUT2D eigenvalue weighted by molar-refractivity contribution is 5.61. The first kappa shape index (κ1) is 13.9. The van der Waals surface area contributed by atoms with Crippen LogP contribution in [0.25, 0.3) is 11.3 Å². The number of nitrogens with zero attached hydrogens (tertiary/aromatic N) is 1. The largest absolute Gasteiger partial charge is 0.454 e. The van der Waals surface area contributed by atoms with Crippen LogP contribution in [0.4, 0.5) is 4.39 Å². The third-order valence-electron chi connectivity index (χ3n) is 4.12. The molecule has 23 heavy (non-hydrogen) atoms. The van der Waals surface area contributed by atoms with Crippen LogP contribution in [0.15, 0.2) is 54.6 Å². The Morgan fingerprint density at radius 3 is 2.57 bits per heavy atom. The Kier molecular flexibility index (Phi) is 3.30. The molecule has 1 aliphatic rings. The number of benzene rings is 2. The van der Waals surface area contributed by atoms with Crippen LogP contribution in [0.1, 0.15) is 11.3 Å². The van der Waals surface area contributed by atoms with E-state index in [1.165, 1.54) is 12.1 Å². The van der Waals surface area contributed by atoms with Crippen LogP contribution in [-0.4, -0.2) is 11.4 Å². The Bertz CT molecular complexity index is 852. The Morgan fingerprint density at radius 2 is 1.74 bits per heavy atom. The van der Waals surface area contributed by atoms with E-state index in [2.05, 4.69) is 23.6 Å². The van der Waals surface area contributed by atoms with Gasteiger partial charge in [-0.15, -0.1) is 0 Å². The van der Waals surface area contributed by atoms with E-state index in [0.717, 1.165) is 40.6 Å². The standard InChI is InChI=1S/C19H16FNO2/c1-13-2-8-17(15-4-6-16(20)7-5-15)21(13)11-14-3-9-18-19(10-14)23-12-22-18/h2-10H,11-12H2,1H3. The number of hydrogen-bond donors (Lipinski definition) is 0. The van der Waals surface area contributed by atoms with Crippen molar-refractivity contribution in [3.63, 3.8) is 0 Å². The molecule has 3 nitrogen and oxygen atoms in total. The van der Waals surface area contributed by atoms with Gasteiger partial charge < -0.3 is 14.0 Å². The van der Waals surface area contributed by atoms with Gasteiger partial charge in [-0.3, -0.25) is 0 Å². The van der Waals surface area contributed by atoms with Crippen LogP contribution in [0.5, 0.6) is 11.5 Å². The van der Waals surface area contributed by atoms with E-state index < -0.39 is 0 Å². The summed E-state index contributed by atoms with van der Waals surface area (Å²) in [4.78, 5) is 0. The van der Waals surface area contributed by atoms with Crippen LogP contribution in [0.3, 0.4) is 0 Å². The zero-order valence-electron chi connectivity index (χ0n) is 12.8. The highest BCUT2D eigenvalue weighted by atomic mass is 19.1. The lowest BCUT2D eigenvalue weighted by atomic mass is 10.1. The van der Waals surface area contributed by atoms with Gasteiger partial charge in [-0.05, 0) is 66.6 Å². The number of ether oxygens (including phenoxy) is 2. The van der Waals surface area contributed by atoms with Crippen molar-refractivity contribution in [1.29, 1.82) is 0 Å². The molecule has 4 heteroatoms. The predicted molar refractivity (Wildman–Crippen MR) is 86.2 cm³/mol. The van der Waals surface area contributed by atoms with Crippen LogP contribution < -0.4 is 9.47 Å². The first-order valence-electron chi connectivity index (χ1n) is 7.51. The molecule has 116 valence electrons. The fourth-order valence-electron chi connectivity index (χ4n) is 2.87. The van der Waals surface area contributed by atoms with Gasteiger partial charge in [0, 0.05) is 17.9 Å². The molecule has 2 heterocycles. The summed E-state index contributed by atoms with van der Waals surface area (Å²) in [6.07, 6.45) is 0. The highest BCUT2D eigenvalue weighted by Crippen LogP contribution is 2.33. The lowest BCUT2D eigenvalue weighted by Crippen LogP contribution is -2.03. The fraction of sp³-hybridized carbons (Fsp3) is 0.158. The number of halogens is 1. The van der Waals surface area contributed by atoms with Crippen molar-refractivity contribution in [2.45, 2.75) is 13.5 Å². The van der Waals surface area contributed by atoms with E-state index in [1.807, 2.05) is 18.2 Å². The molecule has 0 spiro atoms. The van der Waals surface area contributed by atoms with E-state index >= 15 is 0 Å². The van der Waals surface area contributed by atoms with Gasteiger partial charge in [0.05, 0.1) is 0 Å². The summed E-state index contributed by atoms with van der Waals surface area (Å²) in [6, 6.07) is 16.7. The Hall–Kier alpha value is -2.75. The van der Waals surface area contributed by atoms with Gasteiger partial charge in [0.2, 0.25) is 6.79 Å². The van der Waals surface area contributed by atoms with E-state index in [9.17, 15) is 4.39 Å². The van der Waals surface area contributed by atoms with Crippen LogP contribution in [0.2, 0.25) is 0 Å². The van der Waals surface area contributed by atoms with Gasteiger partial charge in [-0.25, -0.2) is 4.39 Å². The van der Waals surface area contributed by atoms with E-state index in [0.29, 0.717) is 0 Å². The smallest absolute Gasteiger partial charge is 0.231 e. The predicted octanol–water partition coefficient (Wildman–Crippen LogP) is 4.38. The topological polar surface area (TPSA) is 23.4 Å². The molecule has 1 aliphatic heterocycles. The molecular weight excluding hydrogens is 293 g/mol. The molecule has 3 aromatic rings. The third kappa shape index (κ3) is 2.57. The Balaban J connectivity index is 1.69. The minimum atomic E-state index is -0.223. The summed E-state index contributed by atoms with van der Waals surface area (Å²) < 4.78 is 26.2. The van der Waals surface area contributed by atoms with Gasteiger partial charge in [0.15, 0.2) is 11.5 Å². The molecule has 0 radical (unpaired) electrons. The SMILES string of the molecule is Cc1ccc(-c2ccc(F)cc2)n1Cc1ccc2c(c1)OCO2. The molecule has 0 N–H and O–H groups in total. The van der Waals surface area contributed by atoms with Crippen LogP contribution in [-0.2, 0) is 6.54 Å². The average molecular weight is 309 g/mol. The van der Waals surface area contributed by atoms with Crippen molar-refractivity contribution in [1.82, 2.24) is 4.57 Å². The normalized spacial score (nSPS) is 12.6. The van der Waals surface area contributed by atoms with Crippen molar-refractivity contribution < 1.29 is 13.9 Å². The summed E-state index contributed by atoms with van der Waals surface area (Å²) in [5.74, 6) is 1.35. The fourth-order valence-corrected chi connectivity index (χ4v) is 2.87. The van der Waals surface area contributed by atoms with Crippen LogP contribution >= 0.6 is 0 Å². The molecule has 0 aliphatic carbocycles. The van der Waals surface area contributed by atoms with Gasteiger partial charge >= 0.3 is 0 Å². The molecule has 2 aromatic carbocycles. The van der Waals surface area contributed by atoms with E-state index in [-0.39, 0.29) is 12.6 Å². The van der Waals surface area contributed by atoms with Crippen molar-refractivity contribution in [3.05, 3.63) is 71.7 Å². The molecule has 4 rings (SSSR count). The van der Waals surface area contributed by atoms with Crippen LogP contribution in [0, 0.1) is 12.7 Å². The summed E-state index contributed by atoms with van der Waals surface area (Å²) in [7, 11) is 0. The average Bonchev–Trinajstić information content (AvgIpc) is 3.16. The maximum Gasteiger partial charge on any atom is 0.231 e. The molecular formula is C19H16FNO2. The molecule has 0 amide bonds. The third-order valence-corrected chi connectivity index (χ3v) is 4.12. The lowest BCUT2D eigenvalue weighted by Gasteiger charge is -2.13. The highest BCUT2D eigenvalue weighted by Gasteiger charge is 2.14.